The molecule has 29 heavy (non-hydrogen) atoms. The van der Waals surface area contributed by atoms with Crippen molar-refractivity contribution in [2.45, 2.75) is 44.4 Å². The van der Waals surface area contributed by atoms with E-state index in [-0.39, 0.29) is 29.4 Å². The summed E-state index contributed by atoms with van der Waals surface area (Å²) in [5.41, 5.74) is 7.19. The first kappa shape index (κ1) is 21.2. The molecule has 7 heteroatoms. The van der Waals surface area contributed by atoms with E-state index in [1.807, 2.05) is 13.0 Å². The van der Waals surface area contributed by atoms with Crippen molar-refractivity contribution in [3.05, 3.63) is 64.7 Å². The Labute approximate surface area is 171 Å². The number of halogens is 1. The number of carbonyl (C=O) groups is 1. The maximum absolute atomic E-state index is 14.8. The first-order chi connectivity index (χ1) is 13.4. The van der Waals surface area contributed by atoms with Crippen LogP contribution in [-0.2, 0) is 21.5 Å². The van der Waals surface area contributed by atoms with Gasteiger partial charge in [-0.05, 0) is 72.4 Å². The number of Topliss-reactive ketones (excluding diaryl/α,β-unsaturated/α-hetero) is 1. The van der Waals surface area contributed by atoms with Crippen molar-refractivity contribution in [3.8, 4) is 0 Å². The van der Waals surface area contributed by atoms with E-state index in [4.69, 9.17) is 5.73 Å². The van der Waals surface area contributed by atoms with Crippen LogP contribution >= 0.6 is 0 Å². The molecule has 1 unspecified atom stereocenters. The van der Waals surface area contributed by atoms with Crippen molar-refractivity contribution < 1.29 is 13.4 Å². The standard InChI is InChI=1S/C22H26FN3O2S/c1-14-6-9-18(25-12-14)19(27)11-15-7-8-17(23)16(10-15)22(4)13-29(5,28)21(2,3)20(24)26-22/h6-10,12H,5,11,13H2,1-4H3,(H2,24,26)/t22-,29?/m0/s1. The van der Waals surface area contributed by atoms with Crippen LogP contribution in [0.4, 0.5) is 4.39 Å². The van der Waals surface area contributed by atoms with Crippen molar-refractivity contribution in [1.82, 2.24) is 4.98 Å². The number of hydrogen-bond acceptors (Lipinski definition) is 5. The predicted octanol–water partition coefficient (Wildman–Crippen LogP) is 3.04. The van der Waals surface area contributed by atoms with Crippen LogP contribution in [-0.4, -0.2) is 37.2 Å². The number of nitrogens with zero attached hydrogens (tertiary/aromatic N) is 2. The number of aromatic nitrogens is 1. The molecule has 1 aliphatic rings. The lowest BCUT2D eigenvalue weighted by Gasteiger charge is -2.41. The van der Waals surface area contributed by atoms with E-state index >= 15 is 0 Å². The molecular weight excluding hydrogens is 389 g/mol. The van der Waals surface area contributed by atoms with Crippen molar-refractivity contribution in [3.63, 3.8) is 0 Å². The summed E-state index contributed by atoms with van der Waals surface area (Å²) in [6.07, 6.45) is 1.71. The van der Waals surface area contributed by atoms with Crippen LogP contribution < -0.4 is 5.73 Å². The SMILES string of the molecule is C=S1(=O)C[C@@](C)(c2cc(CC(=O)c3ccc(C)cn3)ccc2F)N=C(N)C1(C)C. The summed E-state index contributed by atoms with van der Waals surface area (Å²) in [7, 11) is -2.67. The second-order valence-corrected chi connectivity index (χ2v) is 11.3. The number of rotatable bonds is 4. The number of hydrogen-bond donors (Lipinski definition) is 1. The van der Waals surface area contributed by atoms with Crippen LogP contribution in [0.5, 0.6) is 0 Å². The summed E-state index contributed by atoms with van der Waals surface area (Å²) in [6, 6.07) is 7.98. The van der Waals surface area contributed by atoms with Gasteiger partial charge in [0.15, 0.2) is 5.78 Å². The van der Waals surface area contributed by atoms with E-state index in [0.29, 0.717) is 11.3 Å². The maximum atomic E-state index is 14.8. The molecule has 0 saturated heterocycles. The van der Waals surface area contributed by atoms with E-state index in [1.54, 1.807) is 45.2 Å². The van der Waals surface area contributed by atoms with Gasteiger partial charge in [-0.2, -0.15) is 0 Å². The lowest BCUT2D eigenvalue weighted by molar-refractivity contribution is 0.0988. The molecule has 1 aliphatic heterocycles. The number of aliphatic imine (C=N–C) groups is 1. The third kappa shape index (κ3) is 3.83. The Hall–Kier alpha value is -2.54. The van der Waals surface area contributed by atoms with E-state index < -0.39 is 25.6 Å². The van der Waals surface area contributed by atoms with E-state index in [0.717, 1.165) is 5.56 Å². The van der Waals surface area contributed by atoms with Gasteiger partial charge in [0.2, 0.25) is 0 Å². The fourth-order valence-corrected chi connectivity index (χ4v) is 5.32. The average molecular weight is 416 g/mol. The van der Waals surface area contributed by atoms with Gasteiger partial charge in [-0.15, -0.1) is 0 Å². The summed E-state index contributed by atoms with van der Waals surface area (Å²) in [5, 5.41) is 0. The Morgan fingerprint density at radius 3 is 2.55 bits per heavy atom. The zero-order chi connectivity index (χ0) is 21.6. The van der Waals surface area contributed by atoms with Gasteiger partial charge < -0.3 is 5.73 Å². The molecule has 2 N–H and O–H groups in total. The minimum Gasteiger partial charge on any atom is -0.386 e. The average Bonchev–Trinajstić information content (AvgIpc) is 2.62. The van der Waals surface area contributed by atoms with Gasteiger partial charge in [0, 0.05) is 23.9 Å². The van der Waals surface area contributed by atoms with E-state index in [1.165, 1.54) is 6.07 Å². The van der Waals surface area contributed by atoms with Gasteiger partial charge in [-0.3, -0.25) is 19.0 Å². The number of aryl methyl sites for hydroxylation is 1. The number of pyridine rings is 1. The van der Waals surface area contributed by atoms with Crippen LogP contribution in [0.25, 0.3) is 0 Å². The Morgan fingerprint density at radius 1 is 1.28 bits per heavy atom. The first-order valence-electron chi connectivity index (χ1n) is 9.31. The monoisotopic (exact) mass is 415 g/mol. The highest BCUT2D eigenvalue weighted by atomic mass is 32.2. The molecule has 2 atom stereocenters. The number of ketones is 1. The summed E-state index contributed by atoms with van der Waals surface area (Å²) in [6.45, 7) is 7.07. The molecule has 0 aliphatic carbocycles. The van der Waals surface area contributed by atoms with Gasteiger partial charge in [0.05, 0.1) is 10.3 Å². The maximum Gasteiger partial charge on any atom is 0.185 e. The van der Waals surface area contributed by atoms with Crippen LogP contribution in [0, 0.1) is 12.7 Å². The Morgan fingerprint density at radius 2 is 1.97 bits per heavy atom. The third-order valence-electron chi connectivity index (χ3n) is 5.60. The summed E-state index contributed by atoms with van der Waals surface area (Å²) in [4.78, 5) is 21.2. The molecule has 2 heterocycles. The second kappa shape index (κ2) is 7.06. The fourth-order valence-electron chi connectivity index (χ4n) is 3.40. The zero-order valence-electron chi connectivity index (χ0n) is 17.2. The number of benzene rings is 1. The number of nitrogens with two attached hydrogens (primary N) is 1. The first-order valence-corrected chi connectivity index (χ1v) is 11.2. The van der Waals surface area contributed by atoms with Crippen molar-refractivity contribution in [2.24, 2.45) is 10.7 Å². The summed E-state index contributed by atoms with van der Waals surface area (Å²) < 4.78 is 27.1. The smallest absolute Gasteiger partial charge is 0.185 e. The molecule has 1 aromatic heterocycles. The lowest BCUT2D eigenvalue weighted by atomic mass is 9.90. The molecule has 0 amide bonds. The normalized spacial score (nSPS) is 26.0. The molecule has 0 spiro atoms. The van der Waals surface area contributed by atoms with Gasteiger partial charge >= 0.3 is 0 Å². The van der Waals surface area contributed by atoms with Crippen LogP contribution in [0.1, 0.15) is 48.0 Å². The summed E-state index contributed by atoms with van der Waals surface area (Å²) in [5.74, 6) is 3.50. The lowest BCUT2D eigenvalue weighted by Crippen LogP contribution is -2.54. The Kier molecular flexibility index (Phi) is 5.15. The number of amidine groups is 1. The molecule has 0 bridgehead atoms. The molecular formula is C22H26FN3O2S. The van der Waals surface area contributed by atoms with E-state index in [9.17, 15) is 13.4 Å². The minimum absolute atomic E-state index is 0.0710. The highest BCUT2D eigenvalue weighted by Crippen LogP contribution is 2.38. The topological polar surface area (TPSA) is 85.4 Å². The molecule has 5 nitrogen and oxygen atoms in total. The molecule has 0 radical (unpaired) electrons. The van der Waals surface area contributed by atoms with Gasteiger partial charge in [0.1, 0.15) is 17.3 Å². The molecule has 1 aromatic carbocycles. The molecule has 154 valence electrons. The van der Waals surface area contributed by atoms with Crippen molar-refractivity contribution in [2.75, 3.05) is 5.75 Å². The molecule has 3 rings (SSSR count). The highest BCUT2D eigenvalue weighted by Gasteiger charge is 2.45. The second-order valence-electron chi connectivity index (χ2n) is 8.37. The molecule has 0 fully saturated rings. The van der Waals surface area contributed by atoms with Gasteiger partial charge in [-0.1, -0.05) is 12.1 Å². The Balaban J connectivity index is 1.98. The van der Waals surface area contributed by atoms with Crippen LogP contribution in [0.15, 0.2) is 41.5 Å². The minimum atomic E-state index is -2.67. The molecule has 0 saturated carbocycles. The predicted molar refractivity (Wildman–Crippen MR) is 117 cm³/mol. The van der Waals surface area contributed by atoms with Gasteiger partial charge in [-0.25, -0.2) is 4.39 Å². The van der Waals surface area contributed by atoms with Crippen molar-refractivity contribution >= 4 is 27.0 Å². The van der Waals surface area contributed by atoms with Gasteiger partial charge in [0.25, 0.3) is 0 Å². The van der Waals surface area contributed by atoms with E-state index in [2.05, 4.69) is 15.8 Å². The quantitative estimate of drug-likeness (QED) is 0.614. The van der Waals surface area contributed by atoms with Crippen molar-refractivity contribution in [1.29, 1.82) is 0 Å². The Bertz CT molecular complexity index is 1110. The third-order valence-corrected chi connectivity index (χ3v) is 8.70. The van der Waals surface area contributed by atoms with Crippen LogP contribution in [0.3, 0.4) is 0 Å². The largest absolute Gasteiger partial charge is 0.386 e. The molecule has 2 aromatic rings. The zero-order valence-corrected chi connectivity index (χ0v) is 18.0. The fraction of sp³-hybridized carbons (Fsp3) is 0.364. The number of carbonyl (C=O) groups excluding carboxylic acids is 1. The summed E-state index contributed by atoms with van der Waals surface area (Å²) >= 11 is 0. The van der Waals surface area contributed by atoms with Crippen LogP contribution in [0.2, 0.25) is 0 Å². The highest BCUT2D eigenvalue weighted by molar-refractivity contribution is 8.02.